The number of nitrogens with one attached hydrogen (secondary N) is 1. The molecule has 58 valence electrons. The first-order chi connectivity index (χ1) is 4.48. The maximum atomic E-state index is 3.93. The highest BCUT2D eigenvalue weighted by Gasteiger charge is 2.51. The van der Waals surface area contributed by atoms with Crippen LogP contribution in [0.15, 0.2) is 12.2 Å². The van der Waals surface area contributed by atoms with Gasteiger partial charge in [-0.05, 0) is 27.9 Å². The predicted octanol–water partition coefficient (Wildman–Crippen LogP) is 0.812. The molecule has 1 saturated heterocycles. The van der Waals surface area contributed by atoms with E-state index >= 15 is 0 Å². The topological polar surface area (TPSA) is 25.2 Å². The van der Waals surface area contributed by atoms with Crippen LogP contribution in [0.3, 0.4) is 0 Å². The Labute approximate surface area is 62.9 Å². The van der Waals surface area contributed by atoms with Crippen LogP contribution in [0.25, 0.3) is 0 Å². The fourth-order valence-corrected chi connectivity index (χ4v) is 1.24. The van der Waals surface area contributed by atoms with Crippen LogP contribution < -0.4 is 5.32 Å². The van der Waals surface area contributed by atoms with Crippen LogP contribution in [0.4, 0.5) is 0 Å². The lowest BCUT2D eigenvalue weighted by molar-refractivity contribution is 0.372. The molecule has 0 spiro atoms. The quantitative estimate of drug-likeness (QED) is 0.453. The second-order valence-corrected chi connectivity index (χ2v) is 3.49. The van der Waals surface area contributed by atoms with Gasteiger partial charge in [0.2, 0.25) is 0 Å². The summed E-state index contributed by atoms with van der Waals surface area (Å²) in [5.41, 5.74) is 1.38. The van der Waals surface area contributed by atoms with Crippen molar-refractivity contribution in [2.45, 2.75) is 25.6 Å². The number of rotatable bonds is 2. The zero-order chi connectivity index (χ0) is 7.94. The summed E-state index contributed by atoms with van der Waals surface area (Å²) in [5, 5.41) is 3.37. The molecule has 0 saturated carbocycles. The summed E-state index contributed by atoms with van der Waals surface area (Å²) in [4.78, 5) is 2.18. The molecule has 2 unspecified atom stereocenters. The van der Waals surface area contributed by atoms with Crippen molar-refractivity contribution < 1.29 is 0 Å². The zero-order valence-electron chi connectivity index (χ0n) is 7.23. The Balaban J connectivity index is 2.56. The van der Waals surface area contributed by atoms with Crippen molar-refractivity contribution in [3.8, 4) is 0 Å². The minimum absolute atomic E-state index is 0.170. The SMILES string of the molecule is C=C(C)C1(C)NC1N(C)C. The van der Waals surface area contributed by atoms with E-state index in [0.29, 0.717) is 6.17 Å². The molecule has 1 heterocycles. The minimum Gasteiger partial charge on any atom is -0.292 e. The smallest absolute Gasteiger partial charge is 0.0824 e. The molecular formula is C8H16N2. The van der Waals surface area contributed by atoms with E-state index in [1.54, 1.807) is 0 Å². The normalized spacial score (nSPS) is 38.3. The van der Waals surface area contributed by atoms with Crippen LogP contribution in [0.1, 0.15) is 13.8 Å². The van der Waals surface area contributed by atoms with Crippen LogP contribution in [0.2, 0.25) is 0 Å². The largest absolute Gasteiger partial charge is 0.292 e. The molecule has 10 heavy (non-hydrogen) atoms. The van der Waals surface area contributed by atoms with Gasteiger partial charge < -0.3 is 0 Å². The van der Waals surface area contributed by atoms with E-state index in [4.69, 9.17) is 0 Å². The van der Waals surface area contributed by atoms with E-state index in [1.807, 2.05) is 0 Å². The Morgan fingerprint density at radius 2 is 2.10 bits per heavy atom. The molecule has 1 aliphatic heterocycles. The molecule has 1 rings (SSSR count). The molecule has 0 aliphatic carbocycles. The van der Waals surface area contributed by atoms with Crippen molar-refractivity contribution in [1.82, 2.24) is 10.2 Å². The summed E-state index contributed by atoms with van der Waals surface area (Å²) in [6.45, 7) is 8.18. The van der Waals surface area contributed by atoms with Gasteiger partial charge in [0, 0.05) is 0 Å². The van der Waals surface area contributed by atoms with Crippen LogP contribution in [-0.2, 0) is 0 Å². The summed E-state index contributed by atoms with van der Waals surface area (Å²) < 4.78 is 0. The molecule has 1 N–H and O–H groups in total. The van der Waals surface area contributed by atoms with Gasteiger partial charge in [-0.3, -0.25) is 10.2 Å². The lowest BCUT2D eigenvalue weighted by Gasteiger charge is -2.12. The fraction of sp³-hybridized carbons (Fsp3) is 0.750. The Bertz CT molecular complexity index is 163. The monoisotopic (exact) mass is 140 g/mol. The molecule has 2 heteroatoms. The number of nitrogens with zero attached hydrogens (tertiary/aromatic N) is 1. The number of likely N-dealkylation sites (N-methyl/N-ethyl adjacent to an activating group) is 1. The van der Waals surface area contributed by atoms with Gasteiger partial charge >= 0.3 is 0 Å². The minimum atomic E-state index is 0.170. The van der Waals surface area contributed by atoms with E-state index in [1.165, 1.54) is 5.57 Å². The summed E-state index contributed by atoms with van der Waals surface area (Å²) in [6, 6.07) is 0. The molecule has 2 atom stereocenters. The molecule has 0 aromatic carbocycles. The van der Waals surface area contributed by atoms with Gasteiger partial charge in [-0.15, -0.1) is 0 Å². The lowest BCUT2D eigenvalue weighted by Crippen LogP contribution is -2.24. The molecule has 0 amide bonds. The maximum absolute atomic E-state index is 3.93. The molecule has 0 radical (unpaired) electrons. The lowest BCUT2D eigenvalue weighted by atomic mass is 10.0. The fourth-order valence-electron chi connectivity index (χ4n) is 1.24. The Hall–Kier alpha value is -0.340. The van der Waals surface area contributed by atoms with E-state index in [0.717, 1.165) is 0 Å². The van der Waals surface area contributed by atoms with Crippen molar-refractivity contribution in [3.05, 3.63) is 12.2 Å². The van der Waals surface area contributed by atoms with Gasteiger partial charge in [-0.1, -0.05) is 12.2 Å². The second-order valence-electron chi connectivity index (χ2n) is 3.49. The molecule has 2 nitrogen and oxygen atoms in total. The summed E-state index contributed by atoms with van der Waals surface area (Å²) in [7, 11) is 4.15. The first kappa shape index (κ1) is 7.76. The van der Waals surface area contributed by atoms with Gasteiger partial charge in [0.1, 0.15) is 0 Å². The van der Waals surface area contributed by atoms with Crippen LogP contribution in [0, 0.1) is 0 Å². The summed E-state index contributed by atoms with van der Waals surface area (Å²) in [5.74, 6) is 0. The molecular weight excluding hydrogens is 124 g/mol. The van der Waals surface area contributed by atoms with Crippen molar-refractivity contribution in [3.63, 3.8) is 0 Å². The predicted molar refractivity (Wildman–Crippen MR) is 43.8 cm³/mol. The highest BCUT2D eigenvalue weighted by molar-refractivity contribution is 5.27. The molecule has 0 aromatic rings. The second kappa shape index (κ2) is 2.07. The van der Waals surface area contributed by atoms with E-state index < -0.39 is 0 Å². The van der Waals surface area contributed by atoms with Crippen molar-refractivity contribution >= 4 is 0 Å². The van der Waals surface area contributed by atoms with Gasteiger partial charge in [0.15, 0.2) is 0 Å². The Kier molecular flexibility index (Phi) is 1.61. The third-order valence-corrected chi connectivity index (χ3v) is 2.30. The van der Waals surface area contributed by atoms with Crippen molar-refractivity contribution in [2.24, 2.45) is 0 Å². The molecule has 0 aromatic heterocycles. The number of hydrogen-bond donors (Lipinski definition) is 1. The van der Waals surface area contributed by atoms with Crippen molar-refractivity contribution in [2.75, 3.05) is 14.1 Å². The summed E-state index contributed by atoms with van der Waals surface area (Å²) >= 11 is 0. The van der Waals surface area contributed by atoms with Gasteiger partial charge in [-0.2, -0.15) is 0 Å². The summed E-state index contributed by atoms with van der Waals surface area (Å²) in [6.07, 6.45) is 0.491. The first-order valence-corrected chi connectivity index (χ1v) is 3.58. The third-order valence-electron chi connectivity index (χ3n) is 2.30. The average Bonchev–Trinajstić information content (AvgIpc) is 2.43. The van der Waals surface area contributed by atoms with E-state index in [2.05, 4.69) is 44.7 Å². The average molecular weight is 140 g/mol. The van der Waals surface area contributed by atoms with Crippen LogP contribution >= 0.6 is 0 Å². The molecule has 1 aliphatic rings. The van der Waals surface area contributed by atoms with E-state index in [9.17, 15) is 0 Å². The Morgan fingerprint density at radius 1 is 1.60 bits per heavy atom. The van der Waals surface area contributed by atoms with Crippen molar-refractivity contribution in [1.29, 1.82) is 0 Å². The van der Waals surface area contributed by atoms with Crippen LogP contribution in [0.5, 0.6) is 0 Å². The highest BCUT2D eigenvalue weighted by atomic mass is 15.4. The van der Waals surface area contributed by atoms with Gasteiger partial charge in [0.25, 0.3) is 0 Å². The Morgan fingerprint density at radius 3 is 2.20 bits per heavy atom. The third kappa shape index (κ3) is 0.976. The van der Waals surface area contributed by atoms with Gasteiger partial charge in [-0.25, -0.2) is 0 Å². The van der Waals surface area contributed by atoms with E-state index in [-0.39, 0.29) is 5.54 Å². The maximum Gasteiger partial charge on any atom is 0.0824 e. The van der Waals surface area contributed by atoms with Gasteiger partial charge in [0.05, 0.1) is 11.7 Å². The first-order valence-electron chi connectivity index (χ1n) is 3.58. The molecule has 1 fully saturated rings. The molecule has 0 bridgehead atoms. The highest BCUT2D eigenvalue weighted by Crippen LogP contribution is 2.33. The van der Waals surface area contributed by atoms with Crippen LogP contribution in [-0.4, -0.2) is 30.7 Å². The zero-order valence-corrected chi connectivity index (χ0v) is 7.23. The number of hydrogen-bond acceptors (Lipinski definition) is 2. The standard InChI is InChI=1S/C8H16N2/c1-6(2)8(3)7(9-8)10(4)5/h7,9H,1H2,2-5H3.